The number of cyclic esters (lactones) is 1. The van der Waals surface area contributed by atoms with Crippen LogP contribution < -0.4 is 5.43 Å². The summed E-state index contributed by atoms with van der Waals surface area (Å²) in [5, 5.41) is 58.2. The number of hydrogen-bond donors (Lipinski definition) is 5. The summed E-state index contributed by atoms with van der Waals surface area (Å²) in [4.78, 5) is 43.4. The molecule has 3 aliphatic heterocycles. The molecule has 3 aliphatic rings. The first-order valence-corrected chi connectivity index (χ1v) is 27.2. The minimum Gasteiger partial charge on any atom is -0.477 e. The molecule has 3 fully saturated rings. The summed E-state index contributed by atoms with van der Waals surface area (Å²) in [5.74, 6) is -4.02. The Morgan fingerprint density at radius 3 is 2.25 bits per heavy atom. The maximum atomic E-state index is 14.6. The predicted molar refractivity (Wildman–Crippen MR) is 284 cm³/mol. The minimum atomic E-state index is -1.84. The number of aryl methyl sites for hydroxylation is 1. The second-order valence-electron chi connectivity index (χ2n) is 22.9. The fraction of sp³-hybridized carbons (Fsp3) is 0.804. The number of aliphatic hydroxyl groups is 4. The van der Waals surface area contributed by atoms with E-state index in [1.807, 2.05) is 77.7 Å². The van der Waals surface area contributed by atoms with Crippen LogP contribution in [0.4, 0.5) is 0 Å². The first kappa shape index (κ1) is 63.6. The van der Waals surface area contributed by atoms with E-state index in [-0.39, 0.29) is 56.1 Å². The Morgan fingerprint density at radius 2 is 1.62 bits per heavy atom. The maximum Gasteiger partial charge on any atom is 0.341 e. The average molecular weight is 1080 g/mol. The number of hydrogen-bond acceptors (Lipinski definition) is 18. The molecule has 2 aromatic rings. The van der Waals surface area contributed by atoms with E-state index in [0.29, 0.717) is 56.5 Å². The standard InChI is InChI=1S/C56H93N3O17/c1-16-43-56(10,67)48(62)36(6)58(13)30-32(2)28-54(8,66)49(76-53-46(61)42(57(11)12)26-33(3)72-53)34(4)47(35(5)52(65)74-43)75-44-29-55(9,69-15)50(37(7)73-44)71-25-24-70-22-17-18-38-19-20-41-39(27-38)45(60)40(51(63)64)31-59(41)21-23-68-14/h19-20,27,31-37,42-44,46-50,53,61-62,66-67H,16-18,21-26,28-30H2,1-15H3,(H,63,64)/t32-,33-,34+,35-,36-,37+,42+,43-,44+,46-,47+,48-,49-,50+,53+,54-,55-,56-/m1/s1. The number of carboxylic acid groups (broad SMARTS) is 1. The Balaban J connectivity index is 1.34. The van der Waals surface area contributed by atoms with Crippen LogP contribution in [-0.2, 0) is 60.4 Å². The number of carbonyl (C=O) groups excluding carboxylic acids is 1. The predicted octanol–water partition coefficient (Wildman–Crippen LogP) is 4.23. The molecule has 434 valence electrons. The quantitative estimate of drug-likeness (QED) is 0.0976. The zero-order valence-electron chi connectivity index (χ0n) is 47.9. The van der Waals surface area contributed by atoms with Gasteiger partial charge in [-0.2, -0.15) is 0 Å². The zero-order chi connectivity index (χ0) is 56.6. The number of fused-ring (bicyclic) bond motifs is 1. The molecule has 0 unspecified atom stereocenters. The first-order chi connectivity index (χ1) is 35.6. The van der Waals surface area contributed by atoms with Crippen molar-refractivity contribution < 1.29 is 77.8 Å². The summed E-state index contributed by atoms with van der Waals surface area (Å²) in [7, 11) is 8.75. The van der Waals surface area contributed by atoms with E-state index in [0.717, 1.165) is 5.56 Å². The molecule has 20 heteroatoms. The number of carboxylic acids is 1. The Morgan fingerprint density at radius 1 is 0.921 bits per heavy atom. The van der Waals surface area contributed by atoms with Crippen LogP contribution in [0.2, 0.25) is 0 Å². The normalized spacial score (nSPS) is 37.7. The number of nitrogens with zero attached hydrogens (tertiary/aromatic N) is 3. The second-order valence-corrected chi connectivity index (χ2v) is 22.9. The zero-order valence-corrected chi connectivity index (χ0v) is 47.9. The van der Waals surface area contributed by atoms with E-state index in [9.17, 15) is 39.9 Å². The fourth-order valence-corrected chi connectivity index (χ4v) is 11.9. The average Bonchev–Trinajstić information content (AvgIpc) is 3.35. The van der Waals surface area contributed by atoms with Gasteiger partial charge in [-0.05, 0) is 125 Å². The van der Waals surface area contributed by atoms with Crippen LogP contribution >= 0.6 is 0 Å². The number of benzene rings is 1. The molecule has 1 aromatic carbocycles. The third-order valence-corrected chi connectivity index (χ3v) is 16.4. The highest BCUT2D eigenvalue weighted by Crippen LogP contribution is 2.41. The third-order valence-electron chi connectivity index (χ3n) is 16.4. The lowest BCUT2D eigenvalue weighted by molar-refractivity contribution is -0.321. The summed E-state index contributed by atoms with van der Waals surface area (Å²) in [5.41, 5.74) is -3.74. The number of carbonyl (C=O) groups is 2. The summed E-state index contributed by atoms with van der Waals surface area (Å²) < 4.78 is 58.4. The molecule has 5 rings (SSSR count). The summed E-state index contributed by atoms with van der Waals surface area (Å²) in [6, 6.07) is 4.62. The smallest absolute Gasteiger partial charge is 0.341 e. The highest BCUT2D eigenvalue weighted by Gasteiger charge is 2.53. The van der Waals surface area contributed by atoms with Crippen LogP contribution in [0, 0.1) is 17.8 Å². The van der Waals surface area contributed by atoms with Gasteiger partial charge in [0.2, 0.25) is 5.43 Å². The number of rotatable bonds is 19. The van der Waals surface area contributed by atoms with Crippen molar-refractivity contribution in [2.24, 2.45) is 17.8 Å². The van der Waals surface area contributed by atoms with Crippen molar-refractivity contribution in [2.45, 2.75) is 205 Å². The molecule has 0 spiro atoms. The van der Waals surface area contributed by atoms with E-state index < -0.39 is 107 Å². The van der Waals surface area contributed by atoms with Crippen LogP contribution in [0.25, 0.3) is 10.9 Å². The molecular formula is C56H93N3O17. The van der Waals surface area contributed by atoms with Gasteiger partial charge in [0.15, 0.2) is 12.6 Å². The van der Waals surface area contributed by atoms with Gasteiger partial charge in [-0.15, -0.1) is 0 Å². The lowest BCUT2D eigenvalue weighted by Gasteiger charge is -2.49. The van der Waals surface area contributed by atoms with Crippen molar-refractivity contribution in [2.75, 3.05) is 68.3 Å². The summed E-state index contributed by atoms with van der Waals surface area (Å²) >= 11 is 0. The summed E-state index contributed by atoms with van der Waals surface area (Å²) in [6.07, 6.45) is -5.55. The van der Waals surface area contributed by atoms with Gasteiger partial charge >= 0.3 is 11.9 Å². The molecule has 76 heavy (non-hydrogen) atoms. The molecule has 0 bridgehead atoms. The number of pyridine rings is 1. The summed E-state index contributed by atoms with van der Waals surface area (Å²) in [6.45, 7) is 19.9. The minimum absolute atomic E-state index is 0.162. The second kappa shape index (κ2) is 27.3. The molecule has 0 radical (unpaired) electrons. The van der Waals surface area contributed by atoms with Crippen LogP contribution in [0.3, 0.4) is 0 Å². The molecule has 20 nitrogen and oxygen atoms in total. The molecule has 18 atom stereocenters. The number of ether oxygens (including phenoxy) is 9. The van der Waals surface area contributed by atoms with E-state index in [1.54, 1.807) is 52.5 Å². The van der Waals surface area contributed by atoms with Gasteiger partial charge in [-0.25, -0.2) is 4.79 Å². The number of esters is 1. The van der Waals surface area contributed by atoms with Crippen molar-refractivity contribution in [3.8, 4) is 0 Å². The van der Waals surface area contributed by atoms with Crippen LogP contribution in [0.15, 0.2) is 29.2 Å². The lowest BCUT2D eigenvalue weighted by Crippen LogP contribution is -2.61. The van der Waals surface area contributed by atoms with Crippen molar-refractivity contribution in [3.05, 3.63) is 45.7 Å². The number of aliphatic hydroxyl groups excluding tert-OH is 2. The molecular weight excluding hydrogens is 987 g/mol. The van der Waals surface area contributed by atoms with Gasteiger partial charge in [-0.1, -0.05) is 26.8 Å². The molecule has 1 aromatic heterocycles. The van der Waals surface area contributed by atoms with E-state index in [2.05, 4.69) is 0 Å². The number of aromatic carboxylic acids is 1. The number of aromatic nitrogens is 1. The monoisotopic (exact) mass is 1080 g/mol. The fourth-order valence-electron chi connectivity index (χ4n) is 11.9. The third kappa shape index (κ3) is 15.2. The Kier molecular flexibility index (Phi) is 22.9. The Labute approximate surface area is 450 Å². The van der Waals surface area contributed by atoms with Gasteiger partial charge in [0.1, 0.15) is 35.6 Å². The number of likely N-dealkylation sites (N-methyl/N-ethyl adjacent to an activating group) is 2. The molecule has 0 saturated carbocycles. The van der Waals surface area contributed by atoms with Crippen molar-refractivity contribution in [1.82, 2.24) is 14.4 Å². The van der Waals surface area contributed by atoms with E-state index in [4.69, 9.17) is 42.6 Å². The van der Waals surface area contributed by atoms with Crippen LogP contribution in [0.5, 0.6) is 0 Å². The van der Waals surface area contributed by atoms with Gasteiger partial charge in [-0.3, -0.25) is 9.59 Å². The van der Waals surface area contributed by atoms with Gasteiger partial charge in [0.05, 0.1) is 66.9 Å². The topological polar surface area (TPSA) is 247 Å². The molecule has 5 N–H and O–H groups in total. The van der Waals surface area contributed by atoms with Gasteiger partial charge < -0.3 is 82.5 Å². The van der Waals surface area contributed by atoms with E-state index in [1.165, 1.54) is 13.1 Å². The first-order valence-electron chi connectivity index (χ1n) is 27.2. The van der Waals surface area contributed by atoms with E-state index >= 15 is 0 Å². The van der Waals surface area contributed by atoms with Crippen molar-refractivity contribution in [3.63, 3.8) is 0 Å². The maximum absolute atomic E-state index is 14.6. The highest BCUT2D eigenvalue weighted by molar-refractivity contribution is 5.92. The van der Waals surface area contributed by atoms with Crippen LogP contribution in [0.1, 0.15) is 117 Å². The highest BCUT2D eigenvalue weighted by atomic mass is 16.7. The Bertz CT molecular complexity index is 2240. The van der Waals surface area contributed by atoms with Crippen molar-refractivity contribution >= 4 is 22.8 Å². The molecule has 3 saturated heterocycles. The van der Waals surface area contributed by atoms with Gasteiger partial charge in [0, 0.05) is 69.9 Å². The van der Waals surface area contributed by atoms with Gasteiger partial charge in [0.25, 0.3) is 0 Å². The number of methoxy groups -OCH3 is 2. The Hall–Kier alpha value is -3.19. The molecule has 4 heterocycles. The largest absolute Gasteiger partial charge is 0.477 e. The SMILES string of the molecule is CC[C@H]1OC(=O)[C@H](C)[C@@H](O[C@H]2C[C@@](C)(OC)[C@@H](OCCOCCCc3ccc4c(c3)c(=O)c(C(=O)O)cn4CCOC)[C@H](C)O2)[C@H](C)[C@@H](O[C@@H]2O[C@H](C)C[C@H](N(C)C)[C@H]2O)[C@](C)(O)C[C@@H](C)CN(C)[C@H](C)[C@@H](O)[C@]1(C)O. The van der Waals surface area contributed by atoms with Crippen LogP contribution in [-0.4, -0.2) is 210 Å². The lowest BCUT2D eigenvalue weighted by atomic mass is 9.77. The molecule has 0 amide bonds. The van der Waals surface area contributed by atoms with Crippen molar-refractivity contribution in [1.29, 1.82) is 0 Å². The molecule has 0 aliphatic carbocycles.